The molecule has 5 rings (SSSR count). The zero-order valence-corrected chi connectivity index (χ0v) is 21.8. The molecule has 3 aromatic rings. The van der Waals surface area contributed by atoms with Crippen molar-refractivity contribution in [1.29, 1.82) is 5.26 Å². The first-order valence-electron chi connectivity index (χ1n) is 11.7. The molecule has 2 amide bonds. The van der Waals surface area contributed by atoms with Gasteiger partial charge in [0.25, 0.3) is 5.91 Å². The average Bonchev–Trinajstić information content (AvgIpc) is 3.23. The molecule has 2 aromatic heterocycles. The third kappa shape index (κ3) is 4.78. The number of rotatable bonds is 6. The number of halogens is 6. The largest absolute Gasteiger partial charge is 0.484 e. The van der Waals surface area contributed by atoms with Gasteiger partial charge in [0.05, 0.1) is 11.3 Å². The molecule has 18 heteroatoms. The van der Waals surface area contributed by atoms with Gasteiger partial charge in [0, 0.05) is 36.1 Å². The number of nitriles is 1. The first-order chi connectivity index (χ1) is 19.5. The second-order valence-corrected chi connectivity index (χ2v) is 11.7. The van der Waals surface area contributed by atoms with Crippen LogP contribution in [0.3, 0.4) is 0 Å². The molecule has 42 heavy (non-hydrogen) atoms. The second kappa shape index (κ2) is 9.44. The zero-order chi connectivity index (χ0) is 30.8. The highest BCUT2D eigenvalue weighted by atomic mass is 32.2. The molecule has 2 aliphatic rings. The Morgan fingerprint density at radius 1 is 1.29 bits per heavy atom. The second-order valence-electron chi connectivity index (χ2n) is 9.56. The minimum absolute atomic E-state index is 0.0988. The number of fused-ring (bicyclic) bond motifs is 3. The van der Waals surface area contributed by atoms with Crippen LogP contribution in [0.2, 0.25) is 0 Å². The number of aromatic nitrogens is 3. The highest BCUT2D eigenvalue weighted by Gasteiger charge is 2.70. The Labute approximate surface area is 232 Å². The van der Waals surface area contributed by atoms with E-state index in [1.807, 2.05) is 6.07 Å². The average molecular weight is 614 g/mol. The highest BCUT2D eigenvalue weighted by molar-refractivity contribution is 7.91. The Kier molecular flexibility index (Phi) is 6.48. The Bertz CT molecular complexity index is 1800. The lowest BCUT2D eigenvalue weighted by Gasteiger charge is -2.52. The van der Waals surface area contributed by atoms with Gasteiger partial charge < -0.3 is 15.4 Å². The van der Waals surface area contributed by atoms with Crippen LogP contribution in [0.1, 0.15) is 32.7 Å². The van der Waals surface area contributed by atoms with Crippen molar-refractivity contribution in [3.05, 3.63) is 64.2 Å². The summed E-state index contributed by atoms with van der Waals surface area (Å²) in [5.41, 5.74) is -5.08. The summed E-state index contributed by atoms with van der Waals surface area (Å²) in [6.07, 6.45) is -3.76. The molecule has 1 atom stereocenters. The molecule has 1 aliphatic carbocycles. The van der Waals surface area contributed by atoms with Crippen molar-refractivity contribution in [3.63, 3.8) is 0 Å². The van der Waals surface area contributed by atoms with Crippen LogP contribution in [-0.2, 0) is 32.5 Å². The minimum atomic E-state index is -4.81. The SMILES string of the molecule is CS(=O)(=O)CC(=O)Nc1c2c(nn1-c1ccc(C#N)cn1)C[C@]1(NC2=O)c2c(F)cc(OCC(F)(F)F)cc2C1(F)F. The van der Waals surface area contributed by atoms with Gasteiger partial charge in [-0.1, -0.05) is 0 Å². The van der Waals surface area contributed by atoms with E-state index in [1.54, 1.807) is 0 Å². The summed E-state index contributed by atoms with van der Waals surface area (Å²) >= 11 is 0. The lowest BCUT2D eigenvalue weighted by Crippen LogP contribution is -2.67. The first kappa shape index (κ1) is 28.9. The fraction of sp³-hybridized carbons (Fsp3) is 0.292. The van der Waals surface area contributed by atoms with Gasteiger partial charge in [-0.25, -0.2) is 17.8 Å². The number of carbonyl (C=O) groups is 2. The van der Waals surface area contributed by atoms with Crippen molar-refractivity contribution in [2.24, 2.45) is 0 Å². The molecule has 0 radical (unpaired) electrons. The summed E-state index contributed by atoms with van der Waals surface area (Å²) < 4.78 is 112. The van der Waals surface area contributed by atoms with E-state index in [-0.39, 0.29) is 17.1 Å². The first-order valence-corrected chi connectivity index (χ1v) is 13.7. The lowest BCUT2D eigenvalue weighted by atomic mass is 9.62. The number of sulfone groups is 1. The number of benzene rings is 1. The molecule has 1 aliphatic heterocycles. The van der Waals surface area contributed by atoms with Gasteiger partial charge in [0.15, 0.2) is 28.1 Å². The molecule has 0 fully saturated rings. The Morgan fingerprint density at radius 3 is 2.60 bits per heavy atom. The molecule has 11 nitrogen and oxygen atoms in total. The van der Waals surface area contributed by atoms with Crippen LogP contribution in [0, 0.1) is 17.1 Å². The predicted octanol–water partition coefficient (Wildman–Crippen LogP) is 2.49. The van der Waals surface area contributed by atoms with E-state index in [0.717, 1.165) is 17.1 Å². The van der Waals surface area contributed by atoms with Crippen molar-refractivity contribution >= 4 is 27.5 Å². The van der Waals surface area contributed by atoms with Crippen molar-refractivity contribution in [2.45, 2.75) is 24.1 Å². The van der Waals surface area contributed by atoms with E-state index in [0.29, 0.717) is 12.1 Å². The molecule has 220 valence electrons. The molecule has 0 saturated heterocycles. The summed E-state index contributed by atoms with van der Waals surface area (Å²) in [4.78, 5) is 29.8. The molecule has 3 heterocycles. The maximum absolute atomic E-state index is 15.6. The summed E-state index contributed by atoms with van der Waals surface area (Å²) in [5.74, 6) is -10.0. The number of nitrogens with one attached hydrogen (secondary N) is 2. The van der Waals surface area contributed by atoms with E-state index in [1.165, 1.54) is 12.1 Å². The smallest absolute Gasteiger partial charge is 0.422 e. The number of pyridine rings is 1. The van der Waals surface area contributed by atoms with Gasteiger partial charge >= 0.3 is 12.1 Å². The van der Waals surface area contributed by atoms with Crippen molar-refractivity contribution < 1.29 is 49.1 Å². The number of carbonyl (C=O) groups excluding carboxylic acids is 2. The number of ether oxygens (including phenoxy) is 1. The van der Waals surface area contributed by atoms with Crippen molar-refractivity contribution in [1.82, 2.24) is 20.1 Å². The van der Waals surface area contributed by atoms with Gasteiger partial charge in [-0.05, 0) is 18.2 Å². The molecular weight excluding hydrogens is 598 g/mol. The van der Waals surface area contributed by atoms with Crippen molar-refractivity contribution in [3.8, 4) is 17.6 Å². The Morgan fingerprint density at radius 2 is 2.00 bits per heavy atom. The van der Waals surface area contributed by atoms with Crippen LogP contribution in [-0.4, -0.2) is 59.8 Å². The van der Waals surface area contributed by atoms with E-state index in [4.69, 9.17) is 5.26 Å². The van der Waals surface area contributed by atoms with Crippen LogP contribution < -0.4 is 15.4 Å². The number of amides is 2. The molecule has 0 bridgehead atoms. The fourth-order valence-electron chi connectivity index (χ4n) is 4.82. The van der Waals surface area contributed by atoms with Crippen LogP contribution in [0.4, 0.5) is 32.2 Å². The molecule has 0 unspecified atom stereocenters. The zero-order valence-electron chi connectivity index (χ0n) is 21.0. The number of anilines is 1. The Balaban J connectivity index is 1.59. The normalized spacial score (nSPS) is 18.8. The van der Waals surface area contributed by atoms with Gasteiger partial charge in [0.2, 0.25) is 5.91 Å². The van der Waals surface area contributed by atoms with Crippen LogP contribution in [0.15, 0.2) is 30.5 Å². The predicted molar refractivity (Wildman–Crippen MR) is 129 cm³/mol. The monoisotopic (exact) mass is 614 g/mol. The topological polar surface area (TPSA) is 156 Å². The fourth-order valence-corrected chi connectivity index (χ4v) is 5.37. The third-order valence-electron chi connectivity index (χ3n) is 6.46. The maximum atomic E-state index is 15.6. The summed E-state index contributed by atoms with van der Waals surface area (Å²) in [7, 11) is -3.84. The molecular formula is C24H16F6N6O5S. The molecule has 2 N–H and O–H groups in total. The van der Waals surface area contributed by atoms with Crippen LogP contribution >= 0.6 is 0 Å². The number of hydrogen-bond donors (Lipinski definition) is 2. The summed E-state index contributed by atoms with van der Waals surface area (Å²) in [5, 5.41) is 17.5. The maximum Gasteiger partial charge on any atom is 0.422 e. The Hall–Kier alpha value is -4.66. The van der Waals surface area contributed by atoms with Crippen molar-refractivity contribution in [2.75, 3.05) is 23.9 Å². The van der Waals surface area contributed by atoms with Crippen LogP contribution in [0.5, 0.6) is 5.75 Å². The number of nitrogens with zero attached hydrogens (tertiary/aromatic N) is 4. The van der Waals surface area contributed by atoms with E-state index in [2.05, 4.69) is 25.5 Å². The molecule has 1 spiro atoms. The van der Waals surface area contributed by atoms with E-state index in [9.17, 15) is 31.2 Å². The standard InChI is InChI=1S/C24H16F6N6O5S/c1-42(39,40)9-17(37)33-20-18-15(35-36(20)16-3-2-11(7-31)8-32-16)6-22(34-21(18)38)19-13(24(22,29)30)4-12(5-14(19)25)41-10-23(26,27)28/h2-5,8H,6,9-10H2,1H3,(H,33,37)(H,34,38)/t22-/m0/s1. The number of alkyl halides is 5. The van der Waals surface area contributed by atoms with Gasteiger partial charge in [-0.15, -0.1) is 0 Å². The summed E-state index contributed by atoms with van der Waals surface area (Å²) in [6, 6.07) is 5.42. The summed E-state index contributed by atoms with van der Waals surface area (Å²) in [6.45, 7) is -1.85. The van der Waals surface area contributed by atoms with E-state index < -0.39 is 92.1 Å². The quantitative estimate of drug-likeness (QED) is 0.402. The molecule has 0 saturated carbocycles. The third-order valence-corrected chi connectivity index (χ3v) is 7.24. The minimum Gasteiger partial charge on any atom is -0.484 e. The lowest BCUT2D eigenvalue weighted by molar-refractivity contribution is -0.154. The van der Waals surface area contributed by atoms with Gasteiger partial charge in [-0.3, -0.25) is 9.59 Å². The molecule has 1 aromatic carbocycles. The highest BCUT2D eigenvalue weighted by Crippen LogP contribution is 2.61. The van der Waals surface area contributed by atoms with Gasteiger partial charge in [-0.2, -0.15) is 37.0 Å². The van der Waals surface area contributed by atoms with E-state index >= 15 is 13.2 Å². The van der Waals surface area contributed by atoms with Crippen LogP contribution in [0.25, 0.3) is 5.82 Å². The number of hydrogen-bond acceptors (Lipinski definition) is 8. The van der Waals surface area contributed by atoms with Gasteiger partial charge in [0.1, 0.15) is 34.5 Å².